The number of aldehydes is 1. The Morgan fingerprint density at radius 1 is 1.50 bits per heavy atom. The predicted octanol–water partition coefficient (Wildman–Crippen LogP) is 2.86. The van der Waals surface area contributed by atoms with Crippen LogP contribution in [-0.4, -0.2) is 25.3 Å². The van der Waals surface area contributed by atoms with Crippen LogP contribution in [0, 0.1) is 6.92 Å². The zero-order valence-corrected chi connectivity index (χ0v) is 10.4. The van der Waals surface area contributed by atoms with E-state index in [1.807, 2.05) is 0 Å². The average Bonchev–Trinajstić information content (AvgIpc) is 2.31. The van der Waals surface area contributed by atoms with Gasteiger partial charge < -0.3 is 4.74 Å². The number of thioether (sulfide) groups is 1. The number of carbonyl (C=O) groups is 1. The van der Waals surface area contributed by atoms with Crippen molar-refractivity contribution in [1.29, 1.82) is 0 Å². The topological polar surface area (TPSA) is 26.3 Å². The molecule has 1 rings (SSSR count). The summed E-state index contributed by atoms with van der Waals surface area (Å²) in [4.78, 5) is 11.7. The molecule has 0 radical (unpaired) electrons. The molecule has 0 aliphatic rings. The van der Waals surface area contributed by atoms with Crippen LogP contribution in [0.3, 0.4) is 0 Å². The first-order valence-corrected chi connectivity index (χ1v) is 6.02. The highest BCUT2D eigenvalue weighted by molar-refractivity contribution is 7.99. The molecule has 1 aromatic rings. The Hall–Kier alpha value is -1.06. The largest absolute Gasteiger partial charge is 0.376 e. The smallest absolute Gasteiger partial charge is 0.148 e. The van der Waals surface area contributed by atoms with E-state index in [4.69, 9.17) is 4.74 Å². The summed E-state index contributed by atoms with van der Waals surface area (Å²) in [6.45, 7) is 5.72. The van der Waals surface area contributed by atoms with Crippen LogP contribution in [0.25, 0.3) is 0 Å². The fourth-order valence-corrected chi connectivity index (χ4v) is 2.23. The Bertz CT molecular complexity index is 357. The number of carbonyl (C=O) groups excluding carboxylic acids is 1. The van der Waals surface area contributed by atoms with Crippen molar-refractivity contribution in [2.75, 3.05) is 12.9 Å². The standard InChI is InChI=1S/C13H16O2S/c1-10-4-6-12(7-5-10)16-9-13(15-3)11(2)8-14/h4-8,13H,2,9H2,1,3H3. The van der Waals surface area contributed by atoms with Crippen molar-refractivity contribution < 1.29 is 9.53 Å². The Morgan fingerprint density at radius 3 is 2.62 bits per heavy atom. The van der Waals surface area contributed by atoms with Crippen molar-refractivity contribution in [3.63, 3.8) is 0 Å². The van der Waals surface area contributed by atoms with Crippen molar-refractivity contribution in [2.45, 2.75) is 17.9 Å². The molecule has 1 unspecified atom stereocenters. The molecule has 0 saturated carbocycles. The number of ether oxygens (including phenoxy) is 1. The summed E-state index contributed by atoms with van der Waals surface area (Å²) in [6, 6.07) is 8.27. The van der Waals surface area contributed by atoms with E-state index in [-0.39, 0.29) is 6.10 Å². The molecule has 0 saturated heterocycles. The maximum absolute atomic E-state index is 10.6. The van der Waals surface area contributed by atoms with Crippen molar-refractivity contribution in [2.24, 2.45) is 0 Å². The lowest BCUT2D eigenvalue weighted by Crippen LogP contribution is -2.16. The number of aryl methyl sites for hydroxylation is 1. The van der Waals surface area contributed by atoms with Gasteiger partial charge in [0.1, 0.15) is 6.29 Å². The molecule has 0 bridgehead atoms. The Kier molecular flexibility index (Phi) is 5.29. The van der Waals surface area contributed by atoms with E-state index < -0.39 is 0 Å². The lowest BCUT2D eigenvalue weighted by atomic mass is 10.2. The van der Waals surface area contributed by atoms with Crippen molar-refractivity contribution in [1.82, 2.24) is 0 Å². The quantitative estimate of drug-likeness (QED) is 0.431. The molecule has 0 aliphatic heterocycles. The van der Waals surface area contributed by atoms with Gasteiger partial charge >= 0.3 is 0 Å². The molecule has 1 atom stereocenters. The number of rotatable bonds is 6. The van der Waals surface area contributed by atoms with Crippen LogP contribution in [0.2, 0.25) is 0 Å². The molecule has 0 aromatic heterocycles. The van der Waals surface area contributed by atoms with Gasteiger partial charge in [-0.3, -0.25) is 4.79 Å². The van der Waals surface area contributed by atoms with Crippen LogP contribution in [-0.2, 0) is 9.53 Å². The highest BCUT2D eigenvalue weighted by atomic mass is 32.2. The Labute approximate surface area is 101 Å². The zero-order valence-electron chi connectivity index (χ0n) is 9.60. The second kappa shape index (κ2) is 6.51. The van der Waals surface area contributed by atoms with Crippen LogP contribution in [0.1, 0.15) is 5.56 Å². The molecule has 1 aromatic carbocycles. The molecule has 3 heteroatoms. The first-order chi connectivity index (χ1) is 7.67. The minimum Gasteiger partial charge on any atom is -0.376 e. The van der Waals surface area contributed by atoms with Gasteiger partial charge in [0.05, 0.1) is 6.10 Å². The van der Waals surface area contributed by atoms with Crippen LogP contribution < -0.4 is 0 Å². The summed E-state index contributed by atoms with van der Waals surface area (Å²) in [5.41, 5.74) is 1.73. The molecule has 0 N–H and O–H groups in total. The first-order valence-electron chi connectivity index (χ1n) is 5.03. The molecule has 0 spiro atoms. The Balaban J connectivity index is 2.52. The van der Waals surface area contributed by atoms with E-state index in [9.17, 15) is 4.79 Å². The van der Waals surface area contributed by atoms with E-state index in [0.717, 1.165) is 6.29 Å². The summed E-state index contributed by atoms with van der Waals surface area (Å²) >= 11 is 1.66. The van der Waals surface area contributed by atoms with Gasteiger partial charge in [0.2, 0.25) is 0 Å². The van der Waals surface area contributed by atoms with Gasteiger partial charge in [0.15, 0.2) is 0 Å². The second-order valence-electron chi connectivity index (χ2n) is 3.54. The number of hydrogen-bond acceptors (Lipinski definition) is 3. The van der Waals surface area contributed by atoms with Gasteiger partial charge in [-0.2, -0.15) is 0 Å². The minimum atomic E-state index is -0.205. The summed E-state index contributed by atoms with van der Waals surface area (Å²) < 4.78 is 5.20. The normalized spacial score (nSPS) is 12.1. The third-order valence-corrected chi connectivity index (χ3v) is 3.35. The predicted molar refractivity (Wildman–Crippen MR) is 67.9 cm³/mol. The van der Waals surface area contributed by atoms with E-state index >= 15 is 0 Å². The average molecular weight is 236 g/mol. The van der Waals surface area contributed by atoms with Gasteiger partial charge in [-0.05, 0) is 19.1 Å². The van der Waals surface area contributed by atoms with E-state index in [1.54, 1.807) is 18.9 Å². The fraction of sp³-hybridized carbons (Fsp3) is 0.308. The van der Waals surface area contributed by atoms with Gasteiger partial charge in [0.25, 0.3) is 0 Å². The highest BCUT2D eigenvalue weighted by Crippen LogP contribution is 2.21. The third-order valence-electron chi connectivity index (χ3n) is 2.27. The minimum absolute atomic E-state index is 0.205. The lowest BCUT2D eigenvalue weighted by molar-refractivity contribution is -0.105. The second-order valence-corrected chi connectivity index (χ2v) is 4.63. The number of benzene rings is 1. The monoisotopic (exact) mass is 236 g/mol. The molecule has 0 aliphatic carbocycles. The fourth-order valence-electron chi connectivity index (χ4n) is 1.21. The first kappa shape index (κ1) is 13.0. The van der Waals surface area contributed by atoms with Crippen LogP contribution in [0.15, 0.2) is 41.3 Å². The highest BCUT2D eigenvalue weighted by Gasteiger charge is 2.11. The van der Waals surface area contributed by atoms with Gasteiger partial charge in [0, 0.05) is 23.3 Å². The van der Waals surface area contributed by atoms with Crippen LogP contribution in [0.4, 0.5) is 0 Å². The van der Waals surface area contributed by atoms with Crippen LogP contribution in [0.5, 0.6) is 0 Å². The molecule has 86 valence electrons. The summed E-state index contributed by atoms with van der Waals surface area (Å²) in [5.74, 6) is 0.705. The summed E-state index contributed by atoms with van der Waals surface area (Å²) in [5, 5.41) is 0. The van der Waals surface area contributed by atoms with E-state index in [0.29, 0.717) is 11.3 Å². The maximum atomic E-state index is 10.6. The Morgan fingerprint density at radius 2 is 2.12 bits per heavy atom. The number of methoxy groups -OCH3 is 1. The molecule has 0 heterocycles. The molecule has 16 heavy (non-hydrogen) atoms. The van der Waals surface area contributed by atoms with E-state index in [2.05, 4.69) is 37.8 Å². The molecular weight excluding hydrogens is 220 g/mol. The summed E-state index contributed by atoms with van der Waals surface area (Å²) in [7, 11) is 1.59. The van der Waals surface area contributed by atoms with Crippen LogP contribution >= 0.6 is 11.8 Å². The zero-order chi connectivity index (χ0) is 12.0. The number of hydrogen-bond donors (Lipinski definition) is 0. The summed E-state index contributed by atoms with van der Waals surface area (Å²) in [6.07, 6.45) is 0.549. The SMILES string of the molecule is C=C(C=O)C(CSc1ccc(C)cc1)OC. The lowest BCUT2D eigenvalue weighted by Gasteiger charge is -2.13. The maximum Gasteiger partial charge on any atom is 0.148 e. The van der Waals surface area contributed by atoms with Gasteiger partial charge in [-0.1, -0.05) is 24.3 Å². The third kappa shape index (κ3) is 3.83. The molecule has 0 amide bonds. The van der Waals surface area contributed by atoms with E-state index in [1.165, 1.54) is 10.5 Å². The van der Waals surface area contributed by atoms with Gasteiger partial charge in [-0.25, -0.2) is 0 Å². The van der Waals surface area contributed by atoms with Crippen molar-refractivity contribution >= 4 is 18.0 Å². The molecule has 0 fully saturated rings. The molecular formula is C13H16O2S. The van der Waals surface area contributed by atoms with Crippen molar-refractivity contribution in [3.8, 4) is 0 Å². The molecule has 2 nitrogen and oxygen atoms in total. The van der Waals surface area contributed by atoms with Crippen molar-refractivity contribution in [3.05, 3.63) is 42.0 Å². The van der Waals surface area contributed by atoms with Gasteiger partial charge in [-0.15, -0.1) is 11.8 Å².